The summed E-state index contributed by atoms with van der Waals surface area (Å²) in [5.41, 5.74) is -0.346. The van der Waals surface area contributed by atoms with Gasteiger partial charge in [0, 0.05) is 11.9 Å². The van der Waals surface area contributed by atoms with Crippen molar-refractivity contribution >= 4 is 22.8 Å². The first-order chi connectivity index (χ1) is 13.0. The SMILES string of the molecule is Cc1oc2ccc(OCC3CC3)cc2c1C(=O)NC1(CO)CCCNC1=O. The van der Waals surface area contributed by atoms with Crippen LogP contribution in [0.15, 0.2) is 22.6 Å². The van der Waals surface area contributed by atoms with Crippen LogP contribution in [0.5, 0.6) is 5.75 Å². The van der Waals surface area contributed by atoms with Crippen molar-refractivity contribution in [1.82, 2.24) is 10.6 Å². The van der Waals surface area contributed by atoms with Gasteiger partial charge in [-0.25, -0.2) is 0 Å². The predicted molar refractivity (Wildman–Crippen MR) is 98.7 cm³/mol. The zero-order valence-corrected chi connectivity index (χ0v) is 15.3. The van der Waals surface area contributed by atoms with E-state index in [4.69, 9.17) is 9.15 Å². The zero-order valence-electron chi connectivity index (χ0n) is 15.3. The Balaban J connectivity index is 1.62. The number of carbonyl (C=O) groups is 2. The molecule has 2 aliphatic rings. The van der Waals surface area contributed by atoms with E-state index in [1.807, 2.05) is 6.07 Å². The Hall–Kier alpha value is -2.54. The van der Waals surface area contributed by atoms with Crippen molar-refractivity contribution in [2.24, 2.45) is 5.92 Å². The highest BCUT2D eigenvalue weighted by molar-refractivity contribution is 6.09. The summed E-state index contributed by atoms with van der Waals surface area (Å²) < 4.78 is 11.5. The van der Waals surface area contributed by atoms with Gasteiger partial charge in [-0.2, -0.15) is 0 Å². The molecular formula is C20H24N2O5. The number of benzene rings is 1. The van der Waals surface area contributed by atoms with Gasteiger partial charge < -0.3 is 24.9 Å². The first-order valence-corrected chi connectivity index (χ1v) is 9.40. The first-order valence-electron chi connectivity index (χ1n) is 9.40. The van der Waals surface area contributed by atoms with E-state index in [0.29, 0.717) is 60.0 Å². The number of rotatable bonds is 6. The molecule has 144 valence electrons. The highest BCUT2D eigenvalue weighted by Gasteiger charge is 2.42. The predicted octanol–water partition coefficient (Wildman–Crippen LogP) is 1.90. The minimum atomic E-state index is -1.30. The molecule has 1 aromatic heterocycles. The molecular weight excluding hydrogens is 348 g/mol. The molecule has 1 atom stereocenters. The molecule has 0 bridgehead atoms. The molecule has 1 aromatic carbocycles. The molecule has 1 aliphatic heterocycles. The van der Waals surface area contributed by atoms with Gasteiger partial charge in [-0.3, -0.25) is 9.59 Å². The molecule has 3 N–H and O–H groups in total. The van der Waals surface area contributed by atoms with Gasteiger partial charge in [0.15, 0.2) is 0 Å². The number of carbonyl (C=O) groups excluding carboxylic acids is 2. The molecule has 27 heavy (non-hydrogen) atoms. The van der Waals surface area contributed by atoms with Crippen molar-refractivity contribution in [3.8, 4) is 5.75 Å². The van der Waals surface area contributed by atoms with Crippen LogP contribution in [0.2, 0.25) is 0 Å². The third kappa shape index (κ3) is 3.39. The monoisotopic (exact) mass is 372 g/mol. The van der Waals surface area contributed by atoms with E-state index in [2.05, 4.69) is 10.6 Å². The molecule has 0 radical (unpaired) electrons. The van der Waals surface area contributed by atoms with E-state index in [9.17, 15) is 14.7 Å². The molecule has 2 heterocycles. The molecule has 1 saturated heterocycles. The topological polar surface area (TPSA) is 101 Å². The Bertz CT molecular complexity index is 886. The number of aryl methyl sites for hydroxylation is 1. The molecule has 4 rings (SSSR count). The molecule has 7 nitrogen and oxygen atoms in total. The highest BCUT2D eigenvalue weighted by atomic mass is 16.5. The van der Waals surface area contributed by atoms with Crippen LogP contribution in [0.4, 0.5) is 0 Å². The van der Waals surface area contributed by atoms with E-state index in [-0.39, 0.29) is 5.91 Å². The lowest BCUT2D eigenvalue weighted by molar-refractivity contribution is -0.131. The second-order valence-corrected chi connectivity index (χ2v) is 7.50. The number of furan rings is 1. The van der Waals surface area contributed by atoms with Gasteiger partial charge in [0.2, 0.25) is 5.91 Å². The number of amides is 2. The fourth-order valence-electron chi connectivity index (χ4n) is 3.53. The highest BCUT2D eigenvalue weighted by Crippen LogP contribution is 2.32. The minimum Gasteiger partial charge on any atom is -0.493 e. The van der Waals surface area contributed by atoms with Crippen LogP contribution in [0.3, 0.4) is 0 Å². The molecule has 2 aromatic rings. The lowest BCUT2D eigenvalue weighted by Gasteiger charge is -2.35. The molecule has 2 amide bonds. The summed E-state index contributed by atoms with van der Waals surface area (Å²) >= 11 is 0. The molecule has 0 spiro atoms. The molecule has 1 saturated carbocycles. The van der Waals surface area contributed by atoms with Crippen molar-refractivity contribution in [3.63, 3.8) is 0 Å². The number of ether oxygens (including phenoxy) is 1. The Morgan fingerprint density at radius 3 is 2.96 bits per heavy atom. The summed E-state index contributed by atoms with van der Waals surface area (Å²) in [6.45, 7) is 2.49. The van der Waals surface area contributed by atoms with Gasteiger partial charge >= 0.3 is 0 Å². The summed E-state index contributed by atoms with van der Waals surface area (Å²) in [7, 11) is 0. The third-order valence-corrected chi connectivity index (χ3v) is 5.37. The average Bonchev–Trinajstić information content (AvgIpc) is 3.42. The molecule has 1 aliphatic carbocycles. The lowest BCUT2D eigenvalue weighted by atomic mass is 9.89. The summed E-state index contributed by atoms with van der Waals surface area (Å²) in [5.74, 6) is 0.992. The van der Waals surface area contributed by atoms with Crippen molar-refractivity contribution in [3.05, 3.63) is 29.5 Å². The van der Waals surface area contributed by atoms with Gasteiger partial charge in [0.1, 0.15) is 22.6 Å². The summed E-state index contributed by atoms with van der Waals surface area (Å²) in [6, 6.07) is 5.42. The van der Waals surface area contributed by atoms with Crippen molar-refractivity contribution in [1.29, 1.82) is 0 Å². The van der Waals surface area contributed by atoms with Crippen molar-refractivity contribution < 1.29 is 23.8 Å². The maximum atomic E-state index is 13.0. The van der Waals surface area contributed by atoms with Crippen LogP contribution in [0.1, 0.15) is 41.8 Å². The van der Waals surface area contributed by atoms with Crippen LogP contribution in [-0.4, -0.2) is 42.2 Å². The number of aliphatic hydroxyl groups excluding tert-OH is 1. The maximum absolute atomic E-state index is 13.0. The Labute approximate surface area is 157 Å². The van der Waals surface area contributed by atoms with Crippen LogP contribution >= 0.6 is 0 Å². The first kappa shape index (κ1) is 17.9. The molecule has 1 unspecified atom stereocenters. The van der Waals surface area contributed by atoms with E-state index in [1.165, 1.54) is 12.8 Å². The van der Waals surface area contributed by atoms with Gasteiger partial charge in [0.05, 0.1) is 18.8 Å². The fraction of sp³-hybridized carbons (Fsp3) is 0.500. The van der Waals surface area contributed by atoms with E-state index in [1.54, 1.807) is 19.1 Å². The maximum Gasteiger partial charge on any atom is 0.256 e. The standard InChI is InChI=1S/C20H24N2O5/c1-12-17(18(24)22-20(11-23)7-2-8-21-19(20)25)15-9-14(5-6-16(15)27-12)26-10-13-3-4-13/h5-6,9,13,23H,2-4,7-8,10-11H2,1H3,(H,21,25)(H,22,24). The van der Waals surface area contributed by atoms with Crippen LogP contribution < -0.4 is 15.4 Å². The average molecular weight is 372 g/mol. The minimum absolute atomic E-state index is 0.358. The summed E-state index contributed by atoms with van der Waals surface area (Å²) in [6.07, 6.45) is 3.49. The van der Waals surface area contributed by atoms with E-state index < -0.39 is 18.1 Å². The number of hydrogen-bond donors (Lipinski definition) is 3. The van der Waals surface area contributed by atoms with Gasteiger partial charge in [-0.1, -0.05) is 0 Å². The summed E-state index contributed by atoms with van der Waals surface area (Å²) in [5, 5.41) is 15.9. The van der Waals surface area contributed by atoms with Crippen molar-refractivity contribution in [2.75, 3.05) is 19.8 Å². The van der Waals surface area contributed by atoms with Gasteiger partial charge in [0.25, 0.3) is 5.91 Å². The summed E-state index contributed by atoms with van der Waals surface area (Å²) in [4.78, 5) is 25.3. The van der Waals surface area contributed by atoms with Gasteiger partial charge in [-0.05, 0) is 56.7 Å². The third-order valence-electron chi connectivity index (χ3n) is 5.37. The Morgan fingerprint density at radius 2 is 2.26 bits per heavy atom. The van der Waals surface area contributed by atoms with Crippen molar-refractivity contribution in [2.45, 2.75) is 38.1 Å². The number of nitrogens with one attached hydrogen (secondary N) is 2. The number of hydrogen-bond acceptors (Lipinski definition) is 5. The van der Waals surface area contributed by atoms with E-state index >= 15 is 0 Å². The quantitative estimate of drug-likeness (QED) is 0.719. The molecule has 2 fully saturated rings. The van der Waals surface area contributed by atoms with E-state index in [0.717, 1.165) is 0 Å². The number of fused-ring (bicyclic) bond motifs is 1. The second-order valence-electron chi connectivity index (χ2n) is 7.50. The van der Waals surface area contributed by atoms with Crippen LogP contribution in [-0.2, 0) is 4.79 Å². The normalized spacial score (nSPS) is 22.5. The lowest BCUT2D eigenvalue weighted by Crippen LogP contribution is -2.63. The fourth-order valence-corrected chi connectivity index (χ4v) is 3.53. The number of aliphatic hydroxyl groups is 1. The van der Waals surface area contributed by atoms with Gasteiger partial charge in [-0.15, -0.1) is 0 Å². The van der Waals surface area contributed by atoms with Crippen LogP contribution in [0.25, 0.3) is 11.0 Å². The van der Waals surface area contributed by atoms with Crippen LogP contribution in [0, 0.1) is 12.8 Å². The smallest absolute Gasteiger partial charge is 0.256 e. The zero-order chi connectivity index (χ0) is 19.0. The Morgan fingerprint density at radius 1 is 1.44 bits per heavy atom. The number of piperidine rings is 1. The molecule has 7 heteroatoms. The largest absolute Gasteiger partial charge is 0.493 e. The second kappa shape index (κ2) is 6.88. The Kier molecular flexibility index (Phi) is 4.55.